The number of aliphatic imine (C=N–C) groups is 1. The first-order valence-electron chi connectivity index (χ1n) is 7.82. The van der Waals surface area contributed by atoms with E-state index in [1.165, 1.54) is 0 Å². The molecule has 2 heterocycles. The van der Waals surface area contributed by atoms with Crippen LogP contribution in [-0.4, -0.2) is 43.2 Å². The van der Waals surface area contributed by atoms with Crippen LogP contribution in [-0.2, 0) is 12.1 Å². The van der Waals surface area contributed by atoms with Gasteiger partial charge in [0.05, 0.1) is 25.0 Å². The number of thiazole rings is 1. The van der Waals surface area contributed by atoms with Crippen LogP contribution >= 0.6 is 35.3 Å². The van der Waals surface area contributed by atoms with Crippen LogP contribution in [0.3, 0.4) is 0 Å². The van der Waals surface area contributed by atoms with Gasteiger partial charge in [0.2, 0.25) is 0 Å². The molecule has 0 aliphatic carbocycles. The molecule has 7 nitrogen and oxygen atoms in total. The zero-order valence-electron chi connectivity index (χ0n) is 14.9. The minimum Gasteiger partial charge on any atom is -0.466 e. The minimum atomic E-state index is -1.11. The molecule has 1 unspecified atom stereocenters. The molecule has 0 radical (unpaired) electrons. The molecule has 0 aliphatic heterocycles. The molecule has 25 heavy (non-hydrogen) atoms. The summed E-state index contributed by atoms with van der Waals surface area (Å²) in [7, 11) is 3.93. The van der Waals surface area contributed by atoms with Gasteiger partial charge in [-0.15, -0.1) is 35.3 Å². The molecular weight excluding hydrogens is 453 g/mol. The largest absolute Gasteiger partial charge is 0.466 e. The van der Waals surface area contributed by atoms with Gasteiger partial charge in [0.1, 0.15) is 11.4 Å². The van der Waals surface area contributed by atoms with Crippen molar-refractivity contribution in [1.82, 2.24) is 15.6 Å². The van der Waals surface area contributed by atoms with Crippen molar-refractivity contribution in [3.8, 4) is 0 Å². The number of furan rings is 1. The number of hydrogen-bond acceptors (Lipinski definition) is 6. The van der Waals surface area contributed by atoms with Crippen LogP contribution in [0.25, 0.3) is 0 Å². The highest BCUT2D eigenvalue weighted by atomic mass is 127. The number of nitrogens with zero attached hydrogens (tertiary/aromatic N) is 3. The molecule has 1 atom stereocenters. The SMILES string of the molecule is CCNC(=NCc1csc(N(C)C)n1)NCC(C)(O)c1ccco1.I. The lowest BCUT2D eigenvalue weighted by Gasteiger charge is -2.22. The van der Waals surface area contributed by atoms with Crippen LogP contribution in [0.1, 0.15) is 25.3 Å². The first-order valence-corrected chi connectivity index (χ1v) is 8.70. The molecule has 0 fully saturated rings. The molecule has 140 valence electrons. The molecule has 2 rings (SSSR count). The molecule has 0 aromatic carbocycles. The lowest BCUT2D eigenvalue weighted by molar-refractivity contribution is 0.0386. The van der Waals surface area contributed by atoms with Gasteiger partial charge in [-0.2, -0.15) is 0 Å². The third kappa shape index (κ3) is 6.48. The molecule has 0 spiro atoms. The lowest BCUT2D eigenvalue weighted by Crippen LogP contribution is -2.44. The highest BCUT2D eigenvalue weighted by molar-refractivity contribution is 14.0. The summed E-state index contributed by atoms with van der Waals surface area (Å²) in [5, 5.41) is 19.8. The number of rotatable bonds is 7. The summed E-state index contributed by atoms with van der Waals surface area (Å²) in [6.07, 6.45) is 1.55. The molecular formula is C16H26IN5O2S. The van der Waals surface area contributed by atoms with Crippen LogP contribution in [0.4, 0.5) is 5.13 Å². The third-order valence-electron chi connectivity index (χ3n) is 3.32. The van der Waals surface area contributed by atoms with E-state index in [0.29, 0.717) is 18.3 Å². The van der Waals surface area contributed by atoms with Gasteiger partial charge in [0.25, 0.3) is 0 Å². The van der Waals surface area contributed by atoms with Gasteiger partial charge >= 0.3 is 0 Å². The van der Waals surface area contributed by atoms with Crippen molar-refractivity contribution in [3.05, 3.63) is 35.2 Å². The number of guanidine groups is 1. The van der Waals surface area contributed by atoms with E-state index >= 15 is 0 Å². The Morgan fingerprint density at radius 2 is 2.20 bits per heavy atom. The molecule has 2 aromatic rings. The van der Waals surface area contributed by atoms with Crippen LogP contribution in [0.15, 0.2) is 33.2 Å². The van der Waals surface area contributed by atoms with Crippen LogP contribution in [0, 0.1) is 0 Å². The van der Waals surface area contributed by atoms with E-state index in [1.807, 2.05) is 31.3 Å². The molecule has 0 saturated heterocycles. The van der Waals surface area contributed by atoms with Gasteiger partial charge in [-0.25, -0.2) is 9.98 Å². The van der Waals surface area contributed by atoms with E-state index in [2.05, 4.69) is 20.6 Å². The Hall–Kier alpha value is -1.33. The normalized spacial score (nSPS) is 13.7. The van der Waals surface area contributed by atoms with Gasteiger partial charge in [-0.3, -0.25) is 0 Å². The quantitative estimate of drug-likeness (QED) is 0.321. The van der Waals surface area contributed by atoms with Crippen molar-refractivity contribution >= 4 is 46.4 Å². The van der Waals surface area contributed by atoms with E-state index in [1.54, 1.807) is 36.7 Å². The van der Waals surface area contributed by atoms with Crippen molar-refractivity contribution in [2.75, 3.05) is 32.1 Å². The highest BCUT2D eigenvalue weighted by Gasteiger charge is 2.26. The predicted molar refractivity (Wildman–Crippen MR) is 113 cm³/mol. The van der Waals surface area contributed by atoms with Crippen LogP contribution in [0.2, 0.25) is 0 Å². The Bertz CT molecular complexity index is 655. The fourth-order valence-electron chi connectivity index (χ4n) is 2.00. The molecule has 0 amide bonds. The van der Waals surface area contributed by atoms with E-state index in [4.69, 9.17) is 4.42 Å². The van der Waals surface area contributed by atoms with Gasteiger partial charge < -0.3 is 25.1 Å². The summed E-state index contributed by atoms with van der Waals surface area (Å²) in [6, 6.07) is 3.51. The maximum absolute atomic E-state index is 10.5. The summed E-state index contributed by atoms with van der Waals surface area (Å²) in [6.45, 7) is 5.19. The zero-order chi connectivity index (χ0) is 17.6. The van der Waals surface area contributed by atoms with Gasteiger partial charge in [-0.05, 0) is 26.0 Å². The number of aromatic nitrogens is 1. The molecule has 9 heteroatoms. The van der Waals surface area contributed by atoms with E-state index < -0.39 is 5.60 Å². The highest BCUT2D eigenvalue weighted by Crippen LogP contribution is 2.20. The second-order valence-electron chi connectivity index (χ2n) is 5.82. The maximum Gasteiger partial charge on any atom is 0.191 e. The monoisotopic (exact) mass is 479 g/mol. The predicted octanol–water partition coefficient (Wildman–Crippen LogP) is 2.38. The topological polar surface area (TPSA) is 85.9 Å². The Morgan fingerprint density at radius 1 is 1.44 bits per heavy atom. The average molecular weight is 479 g/mol. The van der Waals surface area contributed by atoms with Crippen molar-refractivity contribution in [1.29, 1.82) is 0 Å². The third-order valence-corrected chi connectivity index (χ3v) is 4.37. The van der Waals surface area contributed by atoms with Gasteiger partial charge in [0.15, 0.2) is 11.1 Å². The summed E-state index contributed by atoms with van der Waals surface area (Å²) >= 11 is 1.59. The zero-order valence-corrected chi connectivity index (χ0v) is 18.1. The fraction of sp³-hybridized carbons (Fsp3) is 0.500. The number of aliphatic hydroxyl groups is 1. The van der Waals surface area contributed by atoms with E-state index in [9.17, 15) is 5.11 Å². The Balaban J connectivity index is 0.00000312. The van der Waals surface area contributed by atoms with Crippen molar-refractivity contribution in [2.45, 2.75) is 26.0 Å². The van der Waals surface area contributed by atoms with Crippen LogP contribution < -0.4 is 15.5 Å². The molecule has 0 bridgehead atoms. The average Bonchev–Trinajstić information content (AvgIpc) is 3.21. The molecule has 3 N–H and O–H groups in total. The first kappa shape index (κ1) is 21.7. The second-order valence-corrected chi connectivity index (χ2v) is 6.65. The summed E-state index contributed by atoms with van der Waals surface area (Å²) in [5.74, 6) is 1.14. The van der Waals surface area contributed by atoms with E-state index in [0.717, 1.165) is 17.4 Å². The first-order chi connectivity index (χ1) is 11.4. The minimum absolute atomic E-state index is 0. The Morgan fingerprint density at radius 3 is 2.76 bits per heavy atom. The number of nitrogens with one attached hydrogen (secondary N) is 2. The molecule has 0 saturated carbocycles. The summed E-state index contributed by atoms with van der Waals surface area (Å²) in [5.41, 5.74) is -0.197. The van der Waals surface area contributed by atoms with Crippen LogP contribution in [0.5, 0.6) is 0 Å². The standard InChI is InChI=1S/C16H25N5O2S.HI/c1-5-17-14(18-9-12-10-24-15(20-12)21(3)4)19-11-16(2,22)13-7-6-8-23-13;/h6-8,10,22H,5,9,11H2,1-4H3,(H2,17,18,19);1H. The summed E-state index contributed by atoms with van der Waals surface area (Å²) in [4.78, 5) is 11.0. The van der Waals surface area contributed by atoms with E-state index in [-0.39, 0.29) is 30.5 Å². The summed E-state index contributed by atoms with van der Waals surface area (Å²) < 4.78 is 5.28. The maximum atomic E-state index is 10.5. The van der Waals surface area contributed by atoms with Gasteiger partial charge in [-0.1, -0.05) is 0 Å². The second kappa shape index (κ2) is 9.97. The van der Waals surface area contributed by atoms with Crippen molar-refractivity contribution in [3.63, 3.8) is 0 Å². The van der Waals surface area contributed by atoms with Crippen molar-refractivity contribution in [2.24, 2.45) is 4.99 Å². The van der Waals surface area contributed by atoms with Crippen molar-refractivity contribution < 1.29 is 9.52 Å². The lowest BCUT2D eigenvalue weighted by atomic mass is 10.0. The molecule has 0 aliphatic rings. The van der Waals surface area contributed by atoms with Gasteiger partial charge in [0, 0.05) is 26.0 Å². The number of hydrogen-bond donors (Lipinski definition) is 3. The number of halogens is 1. The Labute approximate surface area is 169 Å². The number of anilines is 1. The Kier molecular flexibility index (Phi) is 8.66. The fourth-order valence-corrected chi connectivity index (χ4v) is 2.75. The molecule has 2 aromatic heterocycles. The smallest absolute Gasteiger partial charge is 0.191 e.